The Bertz CT molecular complexity index is 273. The fourth-order valence-corrected chi connectivity index (χ4v) is 6.97. The van der Waals surface area contributed by atoms with Crippen LogP contribution in [0.1, 0.15) is 0 Å². The topological polar surface area (TPSA) is 0 Å². The molecule has 1 heteroatoms. The number of benzene rings is 1. The molecule has 1 aromatic carbocycles. The van der Waals surface area contributed by atoms with Gasteiger partial charge in [0.05, 0.1) is 0 Å². The SMILES string of the molecule is C1=[CH][In]([c]2ccccc2)[CH]=C1. The Kier molecular flexibility index (Phi) is 2.18. The van der Waals surface area contributed by atoms with Crippen LogP contribution in [0, 0.1) is 0 Å². The molecule has 1 heterocycles. The Hall–Kier alpha value is -0.430. The van der Waals surface area contributed by atoms with Crippen LogP contribution in [0.4, 0.5) is 0 Å². The molecule has 0 aliphatic carbocycles. The quantitative estimate of drug-likeness (QED) is 0.703. The molecule has 1 aromatic rings. The fourth-order valence-electron chi connectivity index (χ4n) is 1.33. The minimum atomic E-state index is -1.47. The van der Waals surface area contributed by atoms with Crippen LogP contribution in [0.5, 0.6) is 0 Å². The normalized spacial score (nSPS) is 14.4. The van der Waals surface area contributed by atoms with Crippen LogP contribution < -0.4 is 3.32 Å². The summed E-state index contributed by atoms with van der Waals surface area (Å²) in [7, 11) is 0. The van der Waals surface area contributed by atoms with E-state index in [1.54, 1.807) is 3.32 Å². The van der Waals surface area contributed by atoms with E-state index >= 15 is 0 Å². The summed E-state index contributed by atoms with van der Waals surface area (Å²) in [6.45, 7) is 0. The van der Waals surface area contributed by atoms with Crippen molar-refractivity contribution in [1.29, 1.82) is 0 Å². The number of allylic oxidation sites excluding steroid dienone is 2. The van der Waals surface area contributed by atoms with Crippen LogP contribution in [-0.2, 0) is 0 Å². The average Bonchev–Trinajstić information content (AvgIpc) is 2.58. The van der Waals surface area contributed by atoms with E-state index in [2.05, 4.69) is 50.1 Å². The van der Waals surface area contributed by atoms with E-state index in [0.717, 1.165) is 0 Å². The van der Waals surface area contributed by atoms with Crippen LogP contribution in [0.3, 0.4) is 0 Å². The molecule has 2 rings (SSSR count). The predicted molar refractivity (Wildman–Crippen MR) is 50.1 cm³/mol. The first kappa shape index (κ1) is 7.23. The van der Waals surface area contributed by atoms with Crippen LogP contribution in [0.25, 0.3) is 0 Å². The van der Waals surface area contributed by atoms with Crippen molar-refractivity contribution >= 4 is 24.8 Å². The molecule has 0 saturated carbocycles. The summed E-state index contributed by atoms with van der Waals surface area (Å²) >= 11 is -1.47. The first-order valence-corrected chi connectivity index (χ1v) is 9.32. The summed E-state index contributed by atoms with van der Waals surface area (Å²) < 4.78 is 6.41. The molecule has 0 nitrogen and oxygen atoms in total. The molecule has 0 fully saturated rings. The maximum absolute atomic E-state index is 2.41. The van der Waals surface area contributed by atoms with Gasteiger partial charge in [-0.25, -0.2) is 0 Å². The van der Waals surface area contributed by atoms with Gasteiger partial charge in [0.25, 0.3) is 0 Å². The molecule has 52 valence electrons. The predicted octanol–water partition coefficient (Wildman–Crippen LogP) is 1.59. The number of hydrogen-bond donors (Lipinski definition) is 0. The monoisotopic (exact) mass is 244 g/mol. The van der Waals surface area contributed by atoms with Gasteiger partial charge in [-0.2, -0.15) is 0 Å². The van der Waals surface area contributed by atoms with E-state index in [0.29, 0.717) is 0 Å². The Morgan fingerprint density at radius 1 is 0.818 bits per heavy atom. The van der Waals surface area contributed by atoms with Crippen molar-refractivity contribution in [1.82, 2.24) is 0 Å². The standard InChI is InChI=1S/C6H5.C4H4.In/c1-2-4-6-5-3-1;1-3-4-2;/h1-5H;1-4H;. The van der Waals surface area contributed by atoms with Crippen molar-refractivity contribution < 1.29 is 0 Å². The maximum atomic E-state index is 2.41. The van der Waals surface area contributed by atoms with E-state index in [9.17, 15) is 0 Å². The second kappa shape index (κ2) is 3.31. The van der Waals surface area contributed by atoms with Crippen LogP contribution in [0.15, 0.2) is 50.1 Å². The molecular formula is C10H9In. The van der Waals surface area contributed by atoms with Crippen molar-refractivity contribution in [2.75, 3.05) is 0 Å². The average molecular weight is 244 g/mol. The Morgan fingerprint density at radius 2 is 1.45 bits per heavy atom. The van der Waals surface area contributed by atoms with Gasteiger partial charge < -0.3 is 0 Å². The molecular weight excluding hydrogens is 235 g/mol. The summed E-state index contributed by atoms with van der Waals surface area (Å²) in [5, 5.41) is 0. The summed E-state index contributed by atoms with van der Waals surface area (Å²) in [4.78, 5) is 0. The first-order valence-electron chi connectivity index (χ1n) is 3.87. The second-order valence-electron chi connectivity index (χ2n) is 2.71. The van der Waals surface area contributed by atoms with E-state index in [4.69, 9.17) is 0 Å². The van der Waals surface area contributed by atoms with E-state index in [1.807, 2.05) is 0 Å². The zero-order valence-corrected chi connectivity index (χ0v) is 9.57. The van der Waals surface area contributed by atoms with Crippen LogP contribution in [0.2, 0.25) is 0 Å². The van der Waals surface area contributed by atoms with Gasteiger partial charge in [-0.3, -0.25) is 0 Å². The Balaban J connectivity index is 2.30. The first-order chi connectivity index (χ1) is 5.47. The summed E-state index contributed by atoms with van der Waals surface area (Å²) in [5.74, 6) is 0. The van der Waals surface area contributed by atoms with Gasteiger partial charge in [0.1, 0.15) is 0 Å². The van der Waals surface area contributed by atoms with Gasteiger partial charge >= 0.3 is 74.9 Å². The fraction of sp³-hybridized carbons (Fsp3) is 0. The van der Waals surface area contributed by atoms with Crippen molar-refractivity contribution in [2.45, 2.75) is 0 Å². The molecule has 0 aromatic heterocycles. The molecule has 0 radical (unpaired) electrons. The molecule has 0 spiro atoms. The molecule has 0 N–H and O–H groups in total. The van der Waals surface area contributed by atoms with E-state index in [-0.39, 0.29) is 0 Å². The van der Waals surface area contributed by atoms with Crippen molar-refractivity contribution in [3.05, 3.63) is 50.1 Å². The van der Waals surface area contributed by atoms with Gasteiger partial charge in [-0.05, 0) is 0 Å². The van der Waals surface area contributed by atoms with Gasteiger partial charge in [0.15, 0.2) is 0 Å². The Labute approximate surface area is 74.8 Å². The molecule has 1 aliphatic rings. The van der Waals surface area contributed by atoms with Gasteiger partial charge in [-0.15, -0.1) is 0 Å². The van der Waals surface area contributed by atoms with E-state index < -0.39 is 21.4 Å². The third kappa shape index (κ3) is 1.59. The molecule has 0 amide bonds. The van der Waals surface area contributed by atoms with Crippen molar-refractivity contribution in [3.8, 4) is 0 Å². The number of rotatable bonds is 1. The molecule has 0 saturated heterocycles. The summed E-state index contributed by atoms with van der Waals surface area (Å²) in [6.07, 6.45) is 4.38. The minimum absolute atomic E-state index is 1.47. The molecule has 0 unspecified atom stereocenters. The van der Waals surface area contributed by atoms with Gasteiger partial charge in [0.2, 0.25) is 0 Å². The molecule has 11 heavy (non-hydrogen) atoms. The van der Waals surface area contributed by atoms with E-state index in [1.165, 1.54) is 0 Å². The summed E-state index contributed by atoms with van der Waals surface area (Å²) in [5.41, 5.74) is 0. The van der Waals surface area contributed by atoms with Crippen LogP contribution in [-0.4, -0.2) is 21.4 Å². The zero-order chi connectivity index (χ0) is 7.52. The molecule has 1 aliphatic heterocycles. The number of hydrogen-bond acceptors (Lipinski definition) is 0. The molecule has 0 atom stereocenters. The zero-order valence-electron chi connectivity index (χ0n) is 6.27. The van der Waals surface area contributed by atoms with Crippen LogP contribution >= 0.6 is 0 Å². The van der Waals surface area contributed by atoms with Crippen molar-refractivity contribution in [2.24, 2.45) is 0 Å². The van der Waals surface area contributed by atoms with Gasteiger partial charge in [-0.1, -0.05) is 0 Å². The molecule has 0 bridgehead atoms. The Morgan fingerprint density at radius 3 is 2.09 bits per heavy atom. The summed E-state index contributed by atoms with van der Waals surface area (Å²) in [6, 6.07) is 10.8. The van der Waals surface area contributed by atoms with Gasteiger partial charge in [0, 0.05) is 0 Å². The third-order valence-corrected chi connectivity index (χ3v) is 8.86. The second-order valence-corrected chi connectivity index (χ2v) is 9.81. The van der Waals surface area contributed by atoms with Crippen molar-refractivity contribution in [3.63, 3.8) is 0 Å². The third-order valence-electron chi connectivity index (χ3n) is 1.93.